The summed E-state index contributed by atoms with van der Waals surface area (Å²) < 4.78 is 65.8. The van der Waals surface area contributed by atoms with Crippen LogP contribution in [0.1, 0.15) is 42.9 Å². The van der Waals surface area contributed by atoms with Crippen molar-refractivity contribution in [2.24, 2.45) is 5.92 Å². The van der Waals surface area contributed by atoms with Gasteiger partial charge in [0.15, 0.2) is 0 Å². The molecule has 2 fully saturated rings. The first-order valence-corrected chi connectivity index (χ1v) is 12.6. The summed E-state index contributed by atoms with van der Waals surface area (Å²) in [5.74, 6) is -0.225. The summed E-state index contributed by atoms with van der Waals surface area (Å²) in [6, 6.07) is 5.91. The van der Waals surface area contributed by atoms with Crippen LogP contribution in [0.4, 0.5) is 13.2 Å². The van der Waals surface area contributed by atoms with E-state index in [4.69, 9.17) is 0 Å². The Morgan fingerprint density at radius 2 is 1.81 bits per heavy atom. The third-order valence-electron chi connectivity index (χ3n) is 6.07. The van der Waals surface area contributed by atoms with E-state index in [1.807, 2.05) is 16.3 Å². The summed E-state index contributed by atoms with van der Waals surface area (Å²) in [7, 11) is -4.05. The number of thiophene rings is 1. The summed E-state index contributed by atoms with van der Waals surface area (Å²) >= 11 is 1.60. The number of sulfonamides is 1. The van der Waals surface area contributed by atoms with E-state index in [0.29, 0.717) is 25.5 Å². The maximum atomic E-state index is 13.1. The lowest BCUT2D eigenvalue weighted by Gasteiger charge is -2.34. The molecule has 1 atom stereocenters. The van der Waals surface area contributed by atoms with E-state index in [1.54, 1.807) is 11.3 Å². The van der Waals surface area contributed by atoms with Crippen molar-refractivity contribution < 1.29 is 26.4 Å². The Balaban J connectivity index is 1.43. The van der Waals surface area contributed by atoms with Gasteiger partial charge >= 0.3 is 6.18 Å². The number of alkyl halides is 3. The molecule has 168 valence electrons. The molecular formula is C21H23F3N2O3S2. The normalized spacial score (nSPS) is 21.5. The van der Waals surface area contributed by atoms with E-state index >= 15 is 0 Å². The van der Waals surface area contributed by atoms with E-state index in [0.717, 1.165) is 30.5 Å². The molecule has 0 aliphatic carbocycles. The predicted molar refractivity (Wildman–Crippen MR) is 111 cm³/mol. The Morgan fingerprint density at radius 1 is 1.06 bits per heavy atom. The monoisotopic (exact) mass is 472 g/mol. The topological polar surface area (TPSA) is 57.7 Å². The number of nitrogens with zero attached hydrogens (tertiary/aromatic N) is 2. The third-order valence-corrected chi connectivity index (χ3v) is 8.66. The smallest absolute Gasteiger partial charge is 0.335 e. The SMILES string of the molecule is O=C(C1CCN(S(=O)(=O)c2cccc(C(F)(F)F)c2)CC1)N1CCCC1c1ccsc1. The van der Waals surface area contributed by atoms with Crippen molar-refractivity contribution in [3.63, 3.8) is 0 Å². The minimum absolute atomic E-state index is 0.0461. The number of benzene rings is 1. The lowest BCUT2D eigenvalue weighted by atomic mass is 9.95. The number of piperidine rings is 1. The molecule has 31 heavy (non-hydrogen) atoms. The summed E-state index contributed by atoms with van der Waals surface area (Å²) in [6.07, 6.45) is -2.02. The second-order valence-corrected chi connectivity index (χ2v) is 10.7. The minimum atomic E-state index is -4.61. The fourth-order valence-corrected chi connectivity index (χ4v) is 6.62. The minimum Gasteiger partial charge on any atom is -0.335 e. The van der Waals surface area contributed by atoms with Gasteiger partial charge in [0.2, 0.25) is 15.9 Å². The molecule has 0 spiro atoms. The molecule has 2 aliphatic heterocycles. The van der Waals surface area contributed by atoms with Gasteiger partial charge < -0.3 is 4.90 Å². The van der Waals surface area contributed by atoms with Gasteiger partial charge in [-0.2, -0.15) is 28.8 Å². The molecule has 1 unspecified atom stereocenters. The Morgan fingerprint density at radius 3 is 2.45 bits per heavy atom. The third kappa shape index (κ3) is 4.51. The molecule has 5 nitrogen and oxygen atoms in total. The second-order valence-electron chi connectivity index (χ2n) is 7.95. The molecule has 1 amide bonds. The highest BCUT2D eigenvalue weighted by atomic mass is 32.2. The first-order chi connectivity index (χ1) is 14.7. The zero-order valence-electron chi connectivity index (χ0n) is 16.7. The molecule has 0 N–H and O–H groups in total. The van der Waals surface area contributed by atoms with Crippen LogP contribution in [-0.4, -0.2) is 43.2 Å². The van der Waals surface area contributed by atoms with Gasteiger partial charge in [0.1, 0.15) is 0 Å². The van der Waals surface area contributed by atoms with Crippen LogP contribution in [0.5, 0.6) is 0 Å². The van der Waals surface area contributed by atoms with Crippen LogP contribution in [-0.2, 0) is 21.0 Å². The number of carbonyl (C=O) groups is 1. The highest BCUT2D eigenvalue weighted by molar-refractivity contribution is 7.89. The largest absolute Gasteiger partial charge is 0.416 e. The van der Waals surface area contributed by atoms with Gasteiger partial charge in [-0.15, -0.1) is 0 Å². The molecule has 2 aromatic rings. The fraction of sp³-hybridized carbons (Fsp3) is 0.476. The predicted octanol–water partition coefficient (Wildman–Crippen LogP) is 4.53. The lowest BCUT2D eigenvalue weighted by Crippen LogP contribution is -2.44. The summed E-state index contributed by atoms with van der Waals surface area (Å²) in [6.45, 7) is 0.931. The molecule has 1 aromatic carbocycles. The number of halogens is 3. The van der Waals surface area contributed by atoms with Crippen molar-refractivity contribution in [1.29, 1.82) is 0 Å². The average molecular weight is 473 g/mol. The van der Waals surface area contributed by atoms with Crippen LogP contribution in [0.25, 0.3) is 0 Å². The lowest BCUT2D eigenvalue weighted by molar-refractivity contribution is -0.138. The van der Waals surface area contributed by atoms with Crippen LogP contribution in [0.15, 0.2) is 46.0 Å². The molecule has 0 saturated carbocycles. The summed E-state index contributed by atoms with van der Waals surface area (Å²) in [5.41, 5.74) is 0.146. The van der Waals surface area contributed by atoms with Gasteiger partial charge in [0.25, 0.3) is 0 Å². The van der Waals surface area contributed by atoms with Crippen molar-refractivity contribution in [3.05, 3.63) is 52.2 Å². The Labute approximate surface area is 183 Å². The molecule has 10 heteroatoms. The van der Waals surface area contributed by atoms with Gasteiger partial charge in [-0.1, -0.05) is 6.07 Å². The zero-order valence-corrected chi connectivity index (χ0v) is 18.3. The van der Waals surface area contributed by atoms with Crippen molar-refractivity contribution >= 4 is 27.3 Å². The number of hydrogen-bond donors (Lipinski definition) is 0. The average Bonchev–Trinajstić information content (AvgIpc) is 3.44. The molecule has 4 rings (SSSR count). The van der Waals surface area contributed by atoms with Crippen molar-refractivity contribution in [3.8, 4) is 0 Å². The second kappa shape index (κ2) is 8.55. The van der Waals surface area contributed by atoms with Gasteiger partial charge in [0, 0.05) is 25.6 Å². The molecule has 0 radical (unpaired) electrons. The van der Waals surface area contributed by atoms with Crippen molar-refractivity contribution in [2.75, 3.05) is 19.6 Å². The van der Waals surface area contributed by atoms with E-state index in [9.17, 15) is 26.4 Å². The summed E-state index contributed by atoms with van der Waals surface area (Å²) in [5, 5.41) is 4.05. The maximum absolute atomic E-state index is 13.1. The number of likely N-dealkylation sites (tertiary alicyclic amines) is 1. The Bertz CT molecular complexity index is 1030. The van der Waals surface area contributed by atoms with Gasteiger partial charge in [-0.25, -0.2) is 8.42 Å². The maximum Gasteiger partial charge on any atom is 0.416 e. The molecule has 2 aliphatic rings. The number of rotatable bonds is 4. The molecule has 1 aromatic heterocycles. The Kier molecular flexibility index (Phi) is 6.15. The van der Waals surface area contributed by atoms with Crippen LogP contribution in [0, 0.1) is 5.92 Å². The van der Waals surface area contributed by atoms with E-state index in [2.05, 4.69) is 5.38 Å². The Hall–Kier alpha value is -1.91. The highest BCUT2D eigenvalue weighted by Crippen LogP contribution is 2.36. The quantitative estimate of drug-likeness (QED) is 0.657. The molecule has 0 bridgehead atoms. The fourth-order valence-electron chi connectivity index (χ4n) is 4.40. The number of carbonyl (C=O) groups excluding carboxylic acids is 1. The van der Waals surface area contributed by atoms with E-state index in [1.165, 1.54) is 10.4 Å². The molecule has 3 heterocycles. The van der Waals surface area contributed by atoms with Crippen LogP contribution in [0.3, 0.4) is 0 Å². The molecular weight excluding hydrogens is 449 g/mol. The summed E-state index contributed by atoms with van der Waals surface area (Å²) in [4.78, 5) is 14.7. The number of hydrogen-bond acceptors (Lipinski definition) is 4. The molecule has 2 saturated heterocycles. The highest BCUT2D eigenvalue weighted by Gasteiger charge is 2.38. The first kappa shape index (κ1) is 22.3. The number of amides is 1. The van der Waals surface area contributed by atoms with Gasteiger partial charge in [0.05, 0.1) is 16.5 Å². The van der Waals surface area contributed by atoms with Crippen LogP contribution >= 0.6 is 11.3 Å². The van der Waals surface area contributed by atoms with E-state index < -0.39 is 21.8 Å². The first-order valence-electron chi connectivity index (χ1n) is 10.2. The van der Waals surface area contributed by atoms with Crippen LogP contribution in [0.2, 0.25) is 0 Å². The van der Waals surface area contributed by atoms with Gasteiger partial charge in [-0.05, 0) is 66.3 Å². The zero-order chi connectivity index (χ0) is 22.2. The van der Waals surface area contributed by atoms with Crippen molar-refractivity contribution in [1.82, 2.24) is 9.21 Å². The van der Waals surface area contributed by atoms with Gasteiger partial charge in [-0.3, -0.25) is 4.79 Å². The standard InChI is InChI=1S/C21H23F3N2O3S2/c22-21(23,24)17-3-1-4-18(13-17)31(28,29)25-10-6-15(7-11-25)20(27)26-9-2-5-19(26)16-8-12-30-14-16/h1,3-4,8,12-15,19H,2,5-7,9-11H2. The van der Waals surface area contributed by atoms with Crippen LogP contribution < -0.4 is 0 Å². The van der Waals surface area contributed by atoms with Crippen molar-refractivity contribution in [2.45, 2.75) is 42.8 Å². The van der Waals surface area contributed by atoms with E-state index in [-0.39, 0.29) is 35.9 Å².